The van der Waals surface area contributed by atoms with E-state index in [9.17, 15) is 4.79 Å². The summed E-state index contributed by atoms with van der Waals surface area (Å²) < 4.78 is 0. The number of hydrogen-bond donors (Lipinski definition) is 0. The molecule has 0 aromatic heterocycles. The van der Waals surface area contributed by atoms with Gasteiger partial charge in [-0.1, -0.05) is 19.4 Å². The van der Waals surface area contributed by atoms with E-state index in [0.29, 0.717) is 17.6 Å². The van der Waals surface area contributed by atoms with Crippen molar-refractivity contribution in [3.8, 4) is 0 Å². The third-order valence-corrected chi connectivity index (χ3v) is 3.56. The molecule has 1 saturated carbocycles. The van der Waals surface area contributed by atoms with E-state index < -0.39 is 0 Å². The van der Waals surface area contributed by atoms with Crippen LogP contribution in [0.2, 0.25) is 0 Å². The second-order valence-electron chi connectivity index (χ2n) is 4.50. The van der Waals surface area contributed by atoms with Gasteiger partial charge in [0.05, 0.1) is 0 Å². The average Bonchev–Trinajstić information content (AvgIpc) is 2.72. The van der Waals surface area contributed by atoms with E-state index in [1.54, 1.807) is 0 Å². The van der Waals surface area contributed by atoms with Crippen LogP contribution in [0.5, 0.6) is 0 Å². The van der Waals surface area contributed by atoms with Crippen molar-refractivity contribution in [2.75, 3.05) is 0 Å². The normalized spacial score (nSPS) is 33.5. The van der Waals surface area contributed by atoms with E-state index in [0.717, 1.165) is 24.8 Å². The van der Waals surface area contributed by atoms with E-state index in [-0.39, 0.29) is 0 Å². The van der Waals surface area contributed by atoms with Crippen molar-refractivity contribution < 1.29 is 4.79 Å². The lowest BCUT2D eigenvalue weighted by Crippen LogP contribution is -2.18. The molecular formula is C12H18O. The van der Waals surface area contributed by atoms with Crippen LogP contribution in [-0.4, -0.2) is 5.78 Å². The average molecular weight is 178 g/mol. The number of rotatable bonds is 2. The van der Waals surface area contributed by atoms with Crippen LogP contribution < -0.4 is 0 Å². The molecule has 0 amide bonds. The first-order valence-corrected chi connectivity index (χ1v) is 5.52. The van der Waals surface area contributed by atoms with Crippen molar-refractivity contribution in [2.45, 2.75) is 45.4 Å². The Morgan fingerprint density at radius 2 is 2.23 bits per heavy atom. The van der Waals surface area contributed by atoms with Crippen molar-refractivity contribution in [1.82, 2.24) is 0 Å². The highest BCUT2D eigenvalue weighted by molar-refractivity contribution is 5.97. The van der Waals surface area contributed by atoms with Gasteiger partial charge >= 0.3 is 0 Å². The molecule has 0 heterocycles. The van der Waals surface area contributed by atoms with Crippen molar-refractivity contribution in [2.24, 2.45) is 11.8 Å². The fourth-order valence-corrected chi connectivity index (χ4v) is 2.67. The van der Waals surface area contributed by atoms with Crippen LogP contribution in [-0.2, 0) is 4.79 Å². The van der Waals surface area contributed by atoms with Crippen LogP contribution in [0.1, 0.15) is 45.4 Å². The summed E-state index contributed by atoms with van der Waals surface area (Å²) in [6.07, 6.45) is 9.17. The molecule has 1 nitrogen and oxygen atoms in total. The molecule has 0 spiro atoms. The van der Waals surface area contributed by atoms with Gasteiger partial charge in [-0.15, -0.1) is 0 Å². The number of ketones is 1. The quantitative estimate of drug-likeness (QED) is 0.635. The zero-order valence-electron chi connectivity index (χ0n) is 8.38. The minimum absolute atomic E-state index is 0.365. The second-order valence-corrected chi connectivity index (χ2v) is 4.50. The summed E-state index contributed by atoms with van der Waals surface area (Å²) in [5, 5.41) is 0. The first-order chi connectivity index (χ1) is 6.29. The number of allylic oxidation sites excluding steroid dienone is 2. The van der Waals surface area contributed by atoms with E-state index in [1.165, 1.54) is 19.3 Å². The summed E-state index contributed by atoms with van der Waals surface area (Å²) in [5.41, 5.74) is 1.14. The van der Waals surface area contributed by atoms with Gasteiger partial charge in [-0.3, -0.25) is 4.79 Å². The maximum absolute atomic E-state index is 12.0. The summed E-state index contributed by atoms with van der Waals surface area (Å²) in [4.78, 5) is 12.0. The molecule has 72 valence electrons. The van der Waals surface area contributed by atoms with Gasteiger partial charge in [0.25, 0.3) is 0 Å². The molecule has 0 N–H and O–H groups in total. The van der Waals surface area contributed by atoms with Crippen LogP contribution in [0.3, 0.4) is 0 Å². The number of carbonyl (C=O) groups is 1. The lowest BCUT2D eigenvalue weighted by atomic mass is 9.89. The van der Waals surface area contributed by atoms with Gasteiger partial charge in [0.1, 0.15) is 0 Å². The molecule has 2 aliphatic carbocycles. The Hall–Kier alpha value is -0.590. The molecule has 1 heteroatoms. The van der Waals surface area contributed by atoms with Gasteiger partial charge in [-0.25, -0.2) is 0 Å². The summed E-state index contributed by atoms with van der Waals surface area (Å²) in [5.74, 6) is 1.47. The molecule has 0 saturated heterocycles. The van der Waals surface area contributed by atoms with Crippen LogP contribution in [0, 0.1) is 11.8 Å². The predicted molar refractivity (Wildman–Crippen MR) is 53.4 cm³/mol. The first-order valence-electron chi connectivity index (χ1n) is 5.52. The standard InChI is InChI=1S/C12H18O/c1-9-5-4-8-11(9)12(13)10-6-2-3-7-10/h6,9,11H,2-5,7-8H2,1H3. The minimum atomic E-state index is 0.365. The largest absolute Gasteiger partial charge is 0.294 e. The van der Waals surface area contributed by atoms with Gasteiger partial charge in [0.2, 0.25) is 0 Å². The van der Waals surface area contributed by atoms with E-state index >= 15 is 0 Å². The highest BCUT2D eigenvalue weighted by atomic mass is 16.1. The molecule has 0 aromatic carbocycles. The Balaban J connectivity index is 2.03. The molecule has 0 bridgehead atoms. The van der Waals surface area contributed by atoms with Crippen molar-refractivity contribution in [3.05, 3.63) is 11.6 Å². The Morgan fingerprint density at radius 1 is 1.38 bits per heavy atom. The van der Waals surface area contributed by atoms with Crippen LogP contribution in [0.25, 0.3) is 0 Å². The molecule has 2 aliphatic rings. The molecule has 0 aliphatic heterocycles. The topological polar surface area (TPSA) is 17.1 Å². The summed E-state index contributed by atoms with van der Waals surface area (Å²) >= 11 is 0. The zero-order valence-corrected chi connectivity index (χ0v) is 8.38. The van der Waals surface area contributed by atoms with E-state index in [4.69, 9.17) is 0 Å². The first kappa shape index (κ1) is 8.98. The van der Waals surface area contributed by atoms with Crippen LogP contribution >= 0.6 is 0 Å². The SMILES string of the molecule is CC1CCCC1C(=O)C1=CCCC1. The lowest BCUT2D eigenvalue weighted by Gasteiger charge is -2.14. The maximum atomic E-state index is 12.0. The molecular weight excluding hydrogens is 160 g/mol. The van der Waals surface area contributed by atoms with Gasteiger partial charge < -0.3 is 0 Å². The lowest BCUT2D eigenvalue weighted by molar-refractivity contribution is -0.120. The van der Waals surface area contributed by atoms with E-state index in [1.807, 2.05) is 0 Å². The molecule has 2 atom stereocenters. The molecule has 2 unspecified atom stereocenters. The molecule has 2 rings (SSSR count). The third kappa shape index (κ3) is 1.70. The van der Waals surface area contributed by atoms with Crippen molar-refractivity contribution in [1.29, 1.82) is 0 Å². The Morgan fingerprint density at radius 3 is 2.77 bits per heavy atom. The second kappa shape index (κ2) is 3.65. The summed E-state index contributed by atoms with van der Waals surface area (Å²) in [7, 11) is 0. The zero-order chi connectivity index (χ0) is 9.26. The van der Waals surface area contributed by atoms with Crippen LogP contribution in [0.15, 0.2) is 11.6 Å². The van der Waals surface area contributed by atoms with Gasteiger partial charge in [-0.2, -0.15) is 0 Å². The molecule has 0 radical (unpaired) electrons. The van der Waals surface area contributed by atoms with Crippen molar-refractivity contribution >= 4 is 5.78 Å². The maximum Gasteiger partial charge on any atom is 0.161 e. The highest BCUT2D eigenvalue weighted by Gasteiger charge is 2.31. The number of hydrogen-bond acceptors (Lipinski definition) is 1. The highest BCUT2D eigenvalue weighted by Crippen LogP contribution is 2.35. The molecule has 0 aromatic rings. The number of carbonyl (C=O) groups excluding carboxylic acids is 1. The Labute approximate surface area is 80.2 Å². The number of Topliss-reactive ketones (excluding diaryl/α,β-unsaturated/α-hetero) is 1. The smallest absolute Gasteiger partial charge is 0.161 e. The van der Waals surface area contributed by atoms with Gasteiger partial charge in [0, 0.05) is 5.92 Å². The predicted octanol–water partition coefficient (Wildman–Crippen LogP) is 3.10. The van der Waals surface area contributed by atoms with Crippen molar-refractivity contribution in [3.63, 3.8) is 0 Å². The monoisotopic (exact) mass is 178 g/mol. The fraction of sp³-hybridized carbons (Fsp3) is 0.750. The Kier molecular flexibility index (Phi) is 2.52. The van der Waals surface area contributed by atoms with Gasteiger partial charge in [0.15, 0.2) is 5.78 Å². The Bertz CT molecular complexity index is 240. The van der Waals surface area contributed by atoms with Crippen LogP contribution in [0.4, 0.5) is 0 Å². The summed E-state index contributed by atoms with van der Waals surface area (Å²) in [6, 6.07) is 0. The minimum Gasteiger partial charge on any atom is -0.294 e. The fourth-order valence-electron chi connectivity index (χ4n) is 2.67. The summed E-state index contributed by atoms with van der Waals surface area (Å²) in [6.45, 7) is 2.23. The van der Waals surface area contributed by atoms with E-state index in [2.05, 4.69) is 13.0 Å². The molecule has 13 heavy (non-hydrogen) atoms. The van der Waals surface area contributed by atoms with Gasteiger partial charge in [-0.05, 0) is 43.6 Å². The molecule has 1 fully saturated rings. The third-order valence-electron chi connectivity index (χ3n) is 3.56.